The summed E-state index contributed by atoms with van der Waals surface area (Å²) in [5.74, 6) is 0.295. The van der Waals surface area contributed by atoms with Gasteiger partial charge in [-0.05, 0) is 43.4 Å². The lowest BCUT2D eigenvalue weighted by Crippen LogP contribution is -2.42. The predicted octanol–water partition coefficient (Wildman–Crippen LogP) is 2.04. The average molecular weight is 370 g/mol. The number of benzene rings is 1. The van der Waals surface area contributed by atoms with Crippen molar-refractivity contribution in [1.82, 2.24) is 9.79 Å². The highest BCUT2D eigenvalue weighted by molar-refractivity contribution is 7.89. The third-order valence-corrected chi connectivity index (χ3v) is 6.04. The Labute approximate surface area is 149 Å². The first-order chi connectivity index (χ1) is 11.8. The predicted molar refractivity (Wildman–Crippen MR) is 93.8 cm³/mol. The summed E-state index contributed by atoms with van der Waals surface area (Å²) in [6.07, 6.45) is 1.000. The third kappa shape index (κ3) is 4.50. The van der Waals surface area contributed by atoms with Crippen molar-refractivity contribution in [3.63, 3.8) is 0 Å². The minimum absolute atomic E-state index is 0.000415. The molecule has 2 rings (SSSR count). The lowest BCUT2D eigenvalue weighted by Gasteiger charge is -2.34. The summed E-state index contributed by atoms with van der Waals surface area (Å²) in [5, 5.41) is 0. The van der Waals surface area contributed by atoms with Gasteiger partial charge in [0.25, 0.3) is 5.91 Å². The summed E-state index contributed by atoms with van der Waals surface area (Å²) in [7, 11) is -2.35. The number of nitrogens with zero attached hydrogens (tertiary/aromatic N) is 1. The number of nitrogens with one attached hydrogen (secondary N) is 1. The molecule has 2 unspecified atom stereocenters. The molecule has 1 aliphatic heterocycles. The van der Waals surface area contributed by atoms with E-state index in [1.54, 1.807) is 6.92 Å². The number of carbonyl (C=O) groups excluding carboxylic acids is 1. The second-order valence-corrected chi connectivity index (χ2v) is 8.40. The maximum Gasteiger partial charge on any atom is 0.274 e. The van der Waals surface area contributed by atoms with Crippen molar-refractivity contribution in [1.29, 1.82) is 0 Å². The second kappa shape index (κ2) is 8.16. The van der Waals surface area contributed by atoms with Crippen LogP contribution in [0.3, 0.4) is 0 Å². The normalized spacial score (nSPS) is 21.8. The highest BCUT2D eigenvalue weighted by atomic mass is 32.2. The van der Waals surface area contributed by atoms with E-state index in [2.05, 4.69) is 5.48 Å². The number of hydrogen-bond donors (Lipinski definition) is 1. The molecule has 1 aliphatic rings. The van der Waals surface area contributed by atoms with Crippen LogP contribution < -0.4 is 10.2 Å². The fourth-order valence-corrected chi connectivity index (χ4v) is 5.02. The summed E-state index contributed by atoms with van der Waals surface area (Å²) in [5.41, 5.74) is 2.47. The van der Waals surface area contributed by atoms with E-state index in [0.717, 1.165) is 6.42 Å². The van der Waals surface area contributed by atoms with Gasteiger partial charge in [-0.15, -0.1) is 0 Å². The molecule has 1 fully saturated rings. The van der Waals surface area contributed by atoms with Gasteiger partial charge in [0, 0.05) is 18.7 Å². The molecule has 0 aliphatic carbocycles. The lowest BCUT2D eigenvalue weighted by molar-refractivity contribution is 0.0364. The van der Waals surface area contributed by atoms with Crippen molar-refractivity contribution >= 4 is 15.9 Å². The summed E-state index contributed by atoms with van der Waals surface area (Å²) in [4.78, 5) is 17.0. The maximum atomic E-state index is 13.1. The monoisotopic (exact) mass is 370 g/mol. The molecular formula is C17H26N2O5S. The molecule has 1 aromatic carbocycles. The van der Waals surface area contributed by atoms with E-state index in [9.17, 15) is 13.2 Å². The molecule has 2 atom stereocenters. The van der Waals surface area contributed by atoms with Crippen molar-refractivity contribution in [2.75, 3.05) is 26.8 Å². The molecule has 8 heteroatoms. The number of carbonyl (C=O) groups is 1. The lowest BCUT2D eigenvalue weighted by atomic mass is 9.94. The summed E-state index contributed by atoms with van der Waals surface area (Å²) < 4.78 is 33.0. The van der Waals surface area contributed by atoms with Crippen molar-refractivity contribution < 1.29 is 22.8 Å². The van der Waals surface area contributed by atoms with Gasteiger partial charge in [0.15, 0.2) is 0 Å². The fourth-order valence-electron chi connectivity index (χ4n) is 3.16. The first-order valence-corrected chi connectivity index (χ1v) is 9.83. The van der Waals surface area contributed by atoms with Crippen LogP contribution in [0.5, 0.6) is 5.75 Å². The van der Waals surface area contributed by atoms with E-state index in [4.69, 9.17) is 9.57 Å². The Morgan fingerprint density at radius 2 is 1.92 bits per heavy atom. The van der Waals surface area contributed by atoms with E-state index in [1.807, 2.05) is 13.8 Å². The molecule has 1 heterocycles. The highest BCUT2D eigenvalue weighted by Gasteiger charge is 2.34. The van der Waals surface area contributed by atoms with Gasteiger partial charge in [0.05, 0.1) is 13.7 Å². The zero-order valence-electron chi connectivity index (χ0n) is 15.1. The Morgan fingerprint density at radius 1 is 1.28 bits per heavy atom. The topological polar surface area (TPSA) is 84.9 Å². The molecule has 7 nitrogen and oxygen atoms in total. The SMILES string of the molecule is CCONC(=O)c1ccc(OC)c(S(=O)(=O)N2CC(C)CC(C)C2)c1. The van der Waals surface area contributed by atoms with Crippen LogP contribution in [-0.2, 0) is 14.9 Å². The second-order valence-electron chi connectivity index (χ2n) is 6.50. The maximum absolute atomic E-state index is 13.1. The zero-order chi connectivity index (χ0) is 18.6. The number of hydrogen-bond acceptors (Lipinski definition) is 5. The number of piperidine rings is 1. The molecule has 0 bridgehead atoms. The van der Waals surface area contributed by atoms with E-state index in [0.29, 0.717) is 19.7 Å². The summed E-state index contributed by atoms with van der Waals surface area (Å²) in [6.45, 7) is 7.07. The van der Waals surface area contributed by atoms with Crippen LogP contribution >= 0.6 is 0 Å². The molecule has 0 aromatic heterocycles. The number of ether oxygens (including phenoxy) is 1. The number of hydroxylamine groups is 1. The van der Waals surface area contributed by atoms with Gasteiger partial charge in [-0.2, -0.15) is 4.31 Å². The number of amides is 1. The standard InChI is InChI=1S/C17H26N2O5S/c1-5-24-18-17(20)14-6-7-15(23-4)16(9-14)25(21,22)19-10-12(2)8-13(3)11-19/h6-7,9,12-13H,5,8,10-11H2,1-4H3,(H,18,20). The highest BCUT2D eigenvalue weighted by Crippen LogP contribution is 2.32. The minimum atomic E-state index is -3.76. The third-order valence-electron chi connectivity index (χ3n) is 4.19. The van der Waals surface area contributed by atoms with Gasteiger partial charge in [-0.1, -0.05) is 13.8 Å². The van der Waals surface area contributed by atoms with E-state index in [1.165, 1.54) is 29.6 Å². The molecule has 0 saturated carbocycles. The van der Waals surface area contributed by atoms with Gasteiger partial charge in [0.2, 0.25) is 10.0 Å². The molecule has 25 heavy (non-hydrogen) atoms. The van der Waals surface area contributed by atoms with Crippen LogP contribution in [0, 0.1) is 11.8 Å². The molecule has 1 amide bonds. The Hall–Kier alpha value is -1.64. The van der Waals surface area contributed by atoms with Gasteiger partial charge in [-0.3, -0.25) is 9.63 Å². The molecule has 1 N–H and O–H groups in total. The van der Waals surface area contributed by atoms with Crippen LogP contribution in [-0.4, -0.2) is 45.4 Å². The Kier molecular flexibility index (Phi) is 6.42. The Balaban J connectivity index is 2.39. The number of sulfonamides is 1. The van der Waals surface area contributed by atoms with Crippen LogP contribution in [0.25, 0.3) is 0 Å². The summed E-state index contributed by atoms with van der Waals surface area (Å²) >= 11 is 0. The van der Waals surface area contributed by atoms with Crippen molar-refractivity contribution in [2.24, 2.45) is 11.8 Å². The van der Waals surface area contributed by atoms with Crippen molar-refractivity contribution in [3.05, 3.63) is 23.8 Å². The molecular weight excluding hydrogens is 344 g/mol. The molecule has 1 aromatic rings. The van der Waals surface area contributed by atoms with Crippen LogP contribution in [0.1, 0.15) is 37.6 Å². The average Bonchev–Trinajstić information content (AvgIpc) is 2.58. The molecule has 140 valence electrons. The smallest absolute Gasteiger partial charge is 0.274 e. The van der Waals surface area contributed by atoms with Gasteiger partial charge in [-0.25, -0.2) is 13.9 Å². The Morgan fingerprint density at radius 3 is 2.48 bits per heavy atom. The van der Waals surface area contributed by atoms with Gasteiger partial charge >= 0.3 is 0 Å². The first kappa shape index (κ1) is 19.7. The van der Waals surface area contributed by atoms with Gasteiger partial charge in [0.1, 0.15) is 10.6 Å². The zero-order valence-corrected chi connectivity index (χ0v) is 15.9. The quantitative estimate of drug-likeness (QED) is 0.775. The van der Waals surface area contributed by atoms with E-state index < -0.39 is 15.9 Å². The van der Waals surface area contributed by atoms with Crippen LogP contribution in [0.4, 0.5) is 0 Å². The van der Waals surface area contributed by atoms with Crippen molar-refractivity contribution in [3.8, 4) is 5.75 Å². The van der Waals surface area contributed by atoms with E-state index in [-0.39, 0.29) is 28.0 Å². The molecule has 1 saturated heterocycles. The fraction of sp³-hybridized carbons (Fsp3) is 0.588. The number of methoxy groups -OCH3 is 1. The summed E-state index contributed by atoms with van der Waals surface area (Å²) in [6, 6.07) is 4.34. The van der Waals surface area contributed by atoms with Crippen LogP contribution in [0.15, 0.2) is 23.1 Å². The van der Waals surface area contributed by atoms with Crippen LogP contribution in [0.2, 0.25) is 0 Å². The number of rotatable bonds is 6. The van der Waals surface area contributed by atoms with Gasteiger partial charge < -0.3 is 4.74 Å². The molecule has 0 radical (unpaired) electrons. The first-order valence-electron chi connectivity index (χ1n) is 8.39. The largest absolute Gasteiger partial charge is 0.495 e. The van der Waals surface area contributed by atoms with Crippen molar-refractivity contribution in [2.45, 2.75) is 32.1 Å². The molecule has 0 spiro atoms. The minimum Gasteiger partial charge on any atom is -0.495 e. The Bertz CT molecular complexity index is 710. The van der Waals surface area contributed by atoms with E-state index >= 15 is 0 Å².